The zero-order valence-corrected chi connectivity index (χ0v) is 15.4. The molecule has 1 aliphatic rings. The maximum absolute atomic E-state index is 12.7. The van der Waals surface area contributed by atoms with Gasteiger partial charge >= 0.3 is 6.36 Å². The van der Waals surface area contributed by atoms with E-state index in [2.05, 4.69) is 14.8 Å². The van der Waals surface area contributed by atoms with Gasteiger partial charge in [-0.1, -0.05) is 30.3 Å². The molecule has 30 heavy (non-hydrogen) atoms. The van der Waals surface area contributed by atoms with Crippen molar-refractivity contribution in [2.24, 2.45) is 0 Å². The van der Waals surface area contributed by atoms with E-state index < -0.39 is 6.36 Å². The van der Waals surface area contributed by atoms with Crippen LogP contribution in [0.15, 0.2) is 48.8 Å². The first-order chi connectivity index (χ1) is 14.3. The number of nitrogens with zero attached hydrogens (tertiary/aromatic N) is 5. The first kappa shape index (κ1) is 19.4. The number of carbonyl (C=O) groups is 1. The van der Waals surface area contributed by atoms with Gasteiger partial charge in [0.05, 0.1) is 0 Å². The van der Waals surface area contributed by atoms with Gasteiger partial charge in [0.25, 0.3) is 5.82 Å². The molecule has 1 aliphatic heterocycles. The molecule has 7 nitrogen and oxygen atoms in total. The van der Waals surface area contributed by atoms with E-state index in [1.807, 2.05) is 0 Å². The average Bonchev–Trinajstić information content (AvgIpc) is 3.33. The van der Waals surface area contributed by atoms with Crippen LogP contribution in [-0.4, -0.2) is 31.9 Å². The third-order valence-corrected chi connectivity index (χ3v) is 4.64. The number of carbonyl (C=O) groups excluding carboxylic acids is 1. The van der Waals surface area contributed by atoms with E-state index in [1.54, 1.807) is 41.3 Å². The third kappa shape index (κ3) is 4.10. The smallest absolute Gasteiger partial charge is 0.405 e. The predicted molar refractivity (Wildman–Crippen MR) is 97.6 cm³/mol. The Morgan fingerprint density at radius 3 is 2.67 bits per heavy atom. The standard InChI is InChI=1S/C20H14F3N5O2/c21-20(22,23)30-17-4-2-1-3-16(17)13-5-6-14-9-27(10-15(14)7-13)19(29)11-28-12-25-18(8-24)26-28/h1-7,12H,9-11H2. The summed E-state index contributed by atoms with van der Waals surface area (Å²) in [5.74, 6) is -0.504. The van der Waals surface area contributed by atoms with Gasteiger partial charge in [0, 0.05) is 18.7 Å². The van der Waals surface area contributed by atoms with Crippen LogP contribution in [0.5, 0.6) is 5.75 Å². The van der Waals surface area contributed by atoms with Gasteiger partial charge in [-0.3, -0.25) is 4.79 Å². The molecule has 0 aliphatic carbocycles. The second kappa shape index (κ2) is 7.51. The number of para-hydroxylation sites is 1. The minimum atomic E-state index is -4.79. The van der Waals surface area contributed by atoms with Crippen molar-refractivity contribution in [3.05, 3.63) is 65.7 Å². The van der Waals surface area contributed by atoms with Crippen LogP contribution < -0.4 is 4.74 Å². The maximum atomic E-state index is 12.7. The summed E-state index contributed by atoms with van der Waals surface area (Å²) in [5.41, 5.74) is 2.64. The second-order valence-corrected chi connectivity index (χ2v) is 6.65. The van der Waals surface area contributed by atoms with Crippen LogP contribution in [0.2, 0.25) is 0 Å². The van der Waals surface area contributed by atoms with Gasteiger partial charge in [-0.25, -0.2) is 9.67 Å². The summed E-state index contributed by atoms with van der Waals surface area (Å²) in [7, 11) is 0. The Hall–Kier alpha value is -3.87. The number of amides is 1. The quantitative estimate of drug-likeness (QED) is 0.656. The summed E-state index contributed by atoms with van der Waals surface area (Å²) in [5, 5.41) is 12.6. The van der Waals surface area contributed by atoms with E-state index in [0.717, 1.165) is 11.1 Å². The van der Waals surface area contributed by atoms with Crippen molar-refractivity contribution < 1.29 is 22.7 Å². The monoisotopic (exact) mass is 413 g/mol. The fourth-order valence-electron chi connectivity index (χ4n) is 3.32. The Labute approximate surface area is 168 Å². The zero-order chi connectivity index (χ0) is 21.3. The van der Waals surface area contributed by atoms with Crippen LogP contribution in [0.25, 0.3) is 11.1 Å². The summed E-state index contributed by atoms with van der Waals surface area (Å²) in [6, 6.07) is 13.0. The van der Waals surface area contributed by atoms with Crippen molar-refractivity contribution >= 4 is 5.91 Å². The number of alkyl halides is 3. The molecule has 2 aromatic carbocycles. The number of halogens is 3. The van der Waals surface area contributed by atoms with Crippen LogP contribution >= 0.6 is 0 Å². The normalized spacial score (nSPS) is 13.1. The van der Waals surface area contributed by atoms with E-state index in [9.17, 15) is 18.0 Å². The minimum absolute atomic E-state index is 0.0168. The fourth-order valence-corrected chi connectivity index (χ4v) is 3.32. The lowest BCUT2D eigenvalue weighted by Gasteiger charge is -2.15. The van der Waals surface area contributed by atoms with Crippen LogP contribution in [-0.2, 0) is 24.4 Å². The Morgan fingerprint density at radius 1 is 1.17 bits per heavy atom. The Bertz CT molecular complexity index is 1150. The molecule has 10 heteroatoms. The van der Waals surface area contributed by atoms with Gasteiger partial charge in [0.1, 0.15) is 24.7 Å². The van der Waals surface area contributed by atoms with Gasteiger partial charge in [-0.15, -0.1) is 18.3 Å². The van der Waals surface area contributed by atoms with Gasteiger partial charge in [-0.2, -0.15) is 5.26 Å². The predicted octanol–water partition coefficient (Wildman–Crippen LogP) is 3.26. The molecule has 0 saturated heterocycles. The van der Waals surface area contributed by atoms with E-state index in [0.29, 0.717) is 24.2 Å². The van der Waals surface area contributed by atoms with Gasteiger partial charge in [0.15, 0.2) is 0 Å². The molecule has 0 radical (unpaired) electrons. The Balaban J connectivity index is 1.52. The lowest BCUT2D eigenvalue weighted by atomic mass is 10.00. The summed E-state index contributed by atoms with van der Waals surface area (Å²) in [4.78, 5) is 17.9. The highest BCUT2D eigenvalue weighted by molar-refractivity contribution is 5.77. The number of hydrogen-bond donors (Lipinski definition) is 0. The number of hydrogen-bond acceptors (Lipinski definition) is 5. The first-order valence-corrected chi connectivity index (χ1v) is 8.86. The second-order valence-electron chi connectivity index (χ2n) is 6.65. The van der Waals surface area contributed by atoms with Crippen LogP contribution in [0.1, 0.15) is 17.0 Å². The zero-order valence-electron chi connectivity index (χ0n) is 15.4. The number of benzene rings is 2. The molecular weight excluding hydrogens is 399 g/mol. The van der Waals surface area contributed by atoms with Gasteiger partial charge < -0.3 is 9.64 Å². The number of aromatic nitrogens is 3. The highest BCUT2D eigenvalue weighted by Crippen LogP contribution is 2.36. The highest BCUT2D eigenvalue weighted by atomic mass is 19.4. The maximum Gasteiger partial charge on any atom is 0.573 e. The molecule has 0 N–H and O–H groups in total. The molecular formula is C20H14F3N5O2. The SMILES string of the molecule is N#Cc1ncn(CC(=O)N2Cc3ccc(-c4ccccc4OC(F)(F)F)cc3C2)n1. The molecule has 0 fully saturated rings. The first-order valence-electron chi connectivity index (χ1n) is 8.86. The summed E-state index contributed by atoms with van der Waals surface area (Å²) >= 11 is 0. The number of fused-ring (bicyclic) bond motifs is 1. The highest BCUT2D eigenvalue weighted by Gasteiger charge is 2.32. The van der Waals surface area contributed by atoms with Crippen molar-refractivity contribution in [3.63, 3.8) is 0 Å². The molecule has 1 aromatic heterocycles. The molecule has 4 rings (SSSR count). The van der Waals surface area contributed by atoms with Crippen LogP contribution in [0.3, 0.4) is 0 Å². The third-order valence-electron chi connectivity index (χ3n) is 4.64. The molecule has 0 atom stereocenters. The summed E-state index contributed by atoms with van der Waals surface area (Å²) in [6.45, 7) is 0.650. The van der Waals surface area contributed by atoms with E-state index >= 15 is 0 Å². The van der Waals surface area contributed by atoms with Crippen molar-refractivity contribution in [2.75, 3.05) is 0 Å². The molecule has 2 heterocycles. The molecule has 0 bridgehead atoms. The van der Waals surface area contributed by atoms with E-state index in [4.69, 9.17) is 5.26 Å². The van der Waals surface area contributed by atoms with E-state index in [-0.39, 0.29) is 24.0 Å². The van der Waals surface area contributed by atoms with Gasteiger partial charge in [0.2, 0.25) is 5.91 Å². The molecule has 1 amide bonds. The van der Waals surface area contributed by atoms with Crippen molar-refractivity contribution in [1.29, 1.82) is 5.26 Å². The van der Waals surface area contributed by atoms with Crippen molar-refractivity contribution in [2.45, 2.75) is 26.0 Å². The molecule has 0 saturated carbocycles. The lowest BCUT2D eigenvalue weighted by Crippen LogP contribution is -2.29. The number of rotatable bonds is 4. The fraction of sp³-hybridized carbons (Fsp3) is 0.200. The minimum Gasteiger partial charge on any atom is -0.405 e. The number of nitriles is 1. The Kier molecular flexibility index (Phi) is 4.87. The molecule has 0 unspecified atom stereocenters. The lowest BCUT2D eigenvalue weighted by molar-refractivity contribution is -0.274. The van der Waals surface area contributed by atoms with Crippen LogP contribution in [0.4, 0.5) is 13.2 Å². The molecule has 3 aromatic rings. The average molecular weight is 413 g/mol. The topological polar surface area (TPSA) is 84.0 Å². The number of ether oxygens (including phenoxy) is 1. The largest absolute Gasteiger partial charge is 0.573 e. The van der Waals surface area contributed by atoms with Crippen molar-refractivity contribution in [3.8, 4) is 22.9 Å². The van der Waals surface area contributed by atoms with Crippen molar-refractivity contribution in [1.82, 2.24) is 19.7 Å². The van der Waals surface area contributed by atoms with Gasteiger partial charge in [-0.05, 0) is 28.8 Å². The summed E-state index contributed by atoms with van der Waals surface area (Å²) < 4.78 is 43.5. The van der Waals surface area contributed by atoms with Crippen LogP contribution in [0, 0.1) is 11.3 Å². The molecule has 0 spiro atoms. The molecule has 152 valence electrons. The Morgan fingerprint density at radius 2 is 1.93 bits per heavy atom. The summed E-state index contributed by atoms with van der Waals surface area (Å²) in [6.07, 6.45) is -3.47. The van der Waals surface area contributed by atoms with E-state index in [1.165, 1.54) is 23.1 Å².